The van der Waals surface area contributed by atoms with Gasteiger partial charge in [-0.1, -0.05) is 21.1 Å². The molecule has 0 spiro atoms. The van der Waals surface area contributed by atoms with Gasteiger partial charge in [0.05, 0.1) is 17.8 Å². The zero-order chi connectivity index (χ0) is 12.6. The van der Waals surface area contributed by atoms with E-state index in [2.05, 4.69) is 26.2 Å². The number of hydrogen-bond donors (Lipinski definition) is 0. The first-order valence-corrected chi connectivity index (χ1v) is 7.89. The van der Waals surface area contributed by atoms with Gasteiger partial charge in [-0.3, -0.25) is 0 Å². The highest BCUT2D eigenvalue weighted by atomic mass is 79.9. The minimum absolute atomic E-state index is 0.0664. The summed E-state index contributed by atoms with van der Waals surface area (Å²) in [4.78, 5) is 0. The van der Waals surface area contributed by atoms with Crippen molar-refractivity contribution in [2.75, 3.05) is 12.0 Å². The molecule has 5 nitrogen and oxygen atoms in total. The van der Waals surface area contributed by atoms with Crippen LogP contribution in [-0.2, 0) is 16.4 Å². The maximum absolute atomic E-state index is 11.1. The Morgan fingerprint density at radius 1 is 1.41 bits per heavy atom. The number of aryl methyl sites for hydroxylation is 2. The molecule has 92 valence electrons. The van der Waals surface area contributed by atoms with E-state index >= 15 is 0 Å². The van der Waals surface area contributed by atoms with E-state index in [9.17, 15) is 8.42 Å². The molecule has 1 heterocycles. The van der Waals surface area contributed by atoms with Crippen molar-refractivity contribution in [3.8, 4) is 0 Å². The summed E-state index contributed by atoms with van der Waals surface area (Å²) < 4.78 is 24.8. The van der Waals surface area contributed by atoms with Crippen LogP contribution in [0.3, 0.4) is 0 Å². The van der Waals surface area contributed by atoms with Crippen molar-refractivity contribution in [3.63, 3.8) is 0 Å². The summed E-state index contributed by atoms with van der Waals surface area (Å²) in [7, 11) is -2.99. The third kappa shape index (κ3) is 2.84. The van der Waals surface area contributed by atoms with E-state index in [0.717, 1.165) is 21.1 Å². The van der Waals surface area contributed by atoms with Gasteiger partial charge in [0.2, 0.25) is 0 Å². The summed E-state index contributed by atoms with van der Waals surface area (Å²) in [6.45, 7) is 2.30. The fourth-order valence-corrected chi connectivity index (χ4v) is 2.35. The van der Waals surface area contributed by atoms with E-state index in [4.69, 9.17) is 0 Å². The van der Waals surface area contributed by atoms with Crippen LogP contribution in [0.1, 0.15) is 5.56 Å². The Morgan fingerprint density at radius 2 is 2.12 bits per heavy atom. The zero-order valence-electron chi connectivity index (χ0n) is 9.51. The first-order valence-electron chi connectivity index (χ1n) is 5.04. The Labute approximate surface area is 108 Å². The maximum Gasteiger partial charge on any atom is 0.149 e. The van der Waals surface area contributed by atoms with Gasteiger partial charge in [0.1, 0.15) is 15.4 Å². The molecule has 0 fully saturated rings. The quantitative estimate of drug-likeness (QED) is 0.861. The molecule has 2 rings (SSSR count). The second kappa shape index (κ2) is 4.38. The van der Waals surface area contributed by atoms with Crippen LogP contribution in [0.25, 0.3) is 11.0 Å². The van der Waals surface area contributed by atoms with E-state index in [0.29, 0.717) is 6.54 Å². The SMILES string of the molecule is Cc1cc2nnn(CCS(C)(=O)=O)c2cc1Br. The molecule has 0 saturated carbocycles. The number of sulfone groups is 1. The highest BCUT2D eigenvalue weighted by Gasteiger charge is 2.09. The van der Waals surface area contributed by atoms with Gasteiger partial charge in [-0.2, -0.15) is 0 Å². The first-order chi connectivity index (χ1) is 7.87. The summed E-state index contributed by atoms with van der Waals surface area (Å²) in [6, 6.07) is 3.83. The topological polar surface area (TPSA) is 64.8 Å². The molecule has 0 bridgehead atoms. The van der Waals surface area contributed by atoms with Crippen molar-refractivity contribution in [1.82, 2.24) is 15.0 Å². The van der Waals surface area contributed by atoms with Gasteiger partial charge in [0.25, 0.3) is 0 Å². The van der Waals surface area contributed by atoms with Crippen LogP contribution in [0.5, 0.6) is 0 Å². The lowest BCUT2D eigenvalue weighted by Crippen LogP contribution is -2.12. The lowest BCUT2D eigenvalue weighted by molar-refractivity contribution is 0.585. The van der Waals surface area contributed by atoms with Crippen molar-refractivity contribution in [2.45, 2.75) is 13.5 Å². The minimum atomic E-state index is -2.99. The number of rotatable bonds is 3. The number of fused-ring (bicyclic) bond motifs is 1. The molecule has 17 heavy (non-hydrogen) atoms. The summed E-state index contributed by atoms with van der Waals surface area (Å²) in [6.07, 6.45) is 1.21. The Hall–Kier alpha value is -0.950. The molecule has 0 amide bonds. The molecule has 0 unspecified atom stereocenters. The number of nitrogens with zero attached hydrogens (tertiary/aromatic N) is 3. The second-order valence-electron chi connectivity index (χ2n) is 4.03. The van der Waals surface area contributed by atoms with Crippen LogP contribution in [0, 0.1) is 6.92 Å². The van der Waals surface area contributed by atoms with Gasteiger partial charge >= 0.3 is 0 Å². The highest BCUT2D eigenvalue weighted by molar-refractivity contribution is 9.10. The molecule has 0 saturated heterocycles. The van der Waals surface area contributed by atoms with Crippen molar-refractivity contribution < 1.29 is 8.42 Å². The molecule has 0 radical (unpaired) electrons. The van der Waals surface area contributed by atoms with E-state index in [1.165, 1.54) is 6.26 Å². The van der Waals surface area contributed by atoms with E-state index in [1.807, 2.05) is 19.1 Å². The molecule has 1 aromatic carbocycles. The summed E-state index contributed by atoms with van der Waals surface area (Å²) in [5.41, 5.74) is 2.69. The normalized spacial score (nSPS) is 12.2. The van der Waals surface area contributed by atoms with Crippen LogP contribution in [0.2, 0.25) is 0 Å². The Kier molecular flexibility index (Phi) is 3.22. The molecule has 0 aliphatic rings. The molecule has 0 N–H and O–H groups in total. The number of aromatic nitrogens is 3. The van der Waals surface area contributed by atoms with Crippen LogP contribution in [0.4, 0.5) is 0 Å². The largest absolute Gasteiger partial charge is 0.244 e. The average Bonchev–Trinajstić information content (AvgIpc) is 2.57. The summed E-state index contributed by atoms with van der Waals surface area (Å²) >= 11 is 3.44. The molecule has 2 aromatic rings. The standard InChI is InChI=1S/C10H12BrN3O2S/c1-7-5-9-10(6-8(7)11)14(13-12-9)3-4-17(2,15)16/h5-6H,3-4H2,1-2H3. The van der Waals surface area contributed by atoms with Gasteiger partial charge in [-0.05, 0) is 24.6 Å². The Balaban J connectivity index is 2.39. The molecular formula is C10H12BrN3O2S. The summed E-state index contributed by atoms with van der Waals surface area (Å²) in [5, 5.41) is 7.98. The molecule has 1 aromatic heterocycles. The van der Waals surface area contributed by atoms with Gasteiger partial charge in [0, 0.05) is 10.7 Å². The monoisotopic (exact) mass is 317 g/mol. The highest BCUT2D eigenvalue weighted by Crippen LogP contribution is 2.22. The molecule has 0 atom stereocenters. The van der Waals surface area contributed by atoms with Crippen LogP contribution in [-0.4, -0.2) is 35.4 Å². The van der Waals surface area contributed by atoms with Crippen LogP contribution in [0.15, 0.2) is 16.6 Å². The minimum Gasteiger partial charge on any atom is -0.244 e. The third-order valence-corrected chi connectivity index (χ3v) is 4.25. The predicted octanol–water partition coefficient (Wildman–Crippen LogP) is 1.55. The van der Waals surface area contributed by atoms with Gasteiger partial charge in [0.15, 0.2) is 0 Å². The first kappa shape index (κ1) is 12.5. The molecule has 0 aliphatic heterocycles. The smallest absolute Gasteiger partial charge is 0.149 e. The van der Waals surface area contributed by atoms with Crippen LogP contribution >= 0.6 is 15.9 Å². The second-order valence-corrected chi connectivity index (χ2v) is 7.15. The van der Waals surface area contributed by atoms with Crippen molar-refractivity contribution in [2.24, 2.45) is 0 Å². The third-order valence-electron chi connectivity index (χ3n) is 2.47. The van der Waals surface area contributed by atoms with Crippen molar-refractivity contribution in [3.05, 3.63) is 22.2 Å². The van der Waals surface area contributed by atoms with E-state index in [-0.39, 0.29) is 5.75 Å². The van der Waals surface area contributed by atoms with Gasteiger partial charge in [-0.25, -0.2) is 13.1 Å². The van der Waals surface area contributed by atoms with Crippen molar-refractivity contribution in [1.29, 1.82) is 0 Å². The van der Waals surface area contributed by atoms with E-state index in [1.54, 1.807) is 4.68 Å². The Bertz CT molecular complexity index is 663. The zero-order valence-corrected chi connectivity index (χ0v) is 11.9. The van der Waals surface area contributed by atoms with Gasteiger partial charge < -0.3 is 0 Å². The fourth-order valence-electron chi connectivity index (χ4n) is 1.51. The average molecular weight is 318 g/mol. The Morgan fingerprint density at radius 3 is 2.76 bits per heavy atom. The van der Waals surface area contributed by atoms with Crippen molar-refractivity contribution >= 4 is 36.8 Å². The fraction of sp³-hybridized carbons (Fsp3) is 0.400. The number of benzene rings is 1. The molecule has 0 aliphatic carbocycles. The summed E-state index contributed by atoms with van der Waals surface area (Å²) in [5.74, 6) is 0.0664. The van der Waals surface area contributed by atoms with Gasteiger partial charge in [-0.15, -0.1) is 5.10 Å². The van der Waals surface area contributed by atoms with Crippen LogP contribution < -0.4 is 0 Å². The maximum atomic E-state index is 11.1. The number of hydrogen-bond acceptors (Lipinski definition) is 4. The lowest BCUT2D eigenvalue weighted by Gasteiger charge is -2.02. The predicted molar refractivity (Wildman–Crippen MR) is 69.7 cm³/mol. The van der Waals surface area contributed by atoms with E-state index < -0.39 is 9.84 Å². The number of halogens is 1. The molecular weight excluding hydrogens is 306 g/mol. The lowest BCUT2D eigenvalue weighted by atomic mass is 10.2. The molecule has 7 heteroatoms.